The van der Waals surface area contributed by atoms with Crippen LogP contribution in [-0.4, -0.2) is 48.9 Å². The minimum absolute atomic E-state index is 1.40. The van der Waals surface area contributed by atoms with Crippen LogP contribution in [0.2, 0.25) is 25.4 Å². The molecule has 0 saturated carbocycles. The van der Waals surface area contributed by atoms with Gasteiger partial charge in [0.25, 0.3) is 8.56 Å². The van der Waals surface area contributed by atoms with Crippen LogP contribution in [0.25, 0.3) is 0 Å². The molecule has 13 heavy (non-hydrogen) atoms. The van der Waals surface area contributed by atoms with Crippen LogP contribution in [0.1, 0.15) is 0 Å². The first-order valence-corrected chi connectivity index (χ1v) is 11.2. The maximum atomic E-state index is 9.47. The predicted molar refractivity (Wildman–Crippen MR) is 54.3 cm³/mol. The molecule has 8 heteroatoms. The van der Waals surface area contributed by atoms with Gasteiger partial charge in [-0.25, -0.2) is 0 Å². The van der Waals surface area contributed by atoms with Crippen LogP contribution < -0.4 is 0 Å². The zero-order valence-corrected chi connectivity index (χ0v) is 11.9. The van der Waals surface area contributed by atoms with Crippen LogP contribution >= 0.6 is 0 Å². The summed E-state index contributed by atoms with van der Waals surface area (Å²) < 4.78 is 15.3. The highest BCUT2D eigenvalue weighted by Gasteiger charge is 2.27. The van der Waals surface area contributed by atoms with Gasteiger partial charge in [-0.3, -0.25) is 0 Å². The summed E-state index contributed by atoms with van der Waals surface area (Å²) in [5.41, 5.74) is 0. The van der Waals surface area contributed by atoms with Gasteiger partial charge >= 0.3 is 23.6 Å². The summed E-state index contributed by atoms with van der Waals surface area (Å²) in [6.45, 7) is 4.83. The molecule has 0 fully saturated rings. The zero-order valence-electron chi connectivity index (χ0n) is 8.70. The second-order valence-corrected chi connectivity index (χ2v) is 11.5. The van der Waals surface area contributed by atoms with E-state index in [1.807, 2.05) is 0 Å². The van der Waals surface area contributed by atoms with Crippen molar-refractivity contribution < 1.29 is 21.0 Å². The van der Waals surface area contributed by atoms with Crippen molar-refractivity contribution in [2.45, 2.75) is 25.4 Å². The third-order valence-electron chi connectivity index (χ3n) is 1.22. The van der Waals surface area contributed by atoms with Crippen LogP contribution in [0, 0.1) is 0 Å². The van der Waals surface area contributed by atoms with Crippen molar-refractivity contribution in [1.82, 2.24) is 0 Å². The molecular weight excluding hydrogens is 223 g/mol. The lowest BCUT2D eigenvalue weighted by molar-refractivity contribution is 0.188. The average Bonchev–Trinajstić information content (AvgIpc) is 1.81. The first kappa shape index (κ1) is 13.8. The van der Waals surface area contributed by atoms with E-state index in [-0.39, 0.29) is 0 Å². The minimum Gasteiger partial charge on any atom is -0.683 e. The maximum absolute atomic E-state index is 9.47. The monoisotopic (exact) mass is 240 g/mol. The summed E-state index contributed by atoms with van der Waals surface area (Å²) in [5, 5.41) is 0. The van der Waals surface area contributed by atoms with Gasteiger partial charge in [0.05, 0.1) is 0 Å². The van der Waals surface area contributed by atoms with E-state index in [1.165, 1.54) is 13.7 Å². The molecule has 79 valence electrons. The van der Waals surface area contributed by atoms with Gasteiger partial charge in [-0.15, -0.1) is 0 Å². The first-order valence-electron chi connectivity index (χ1n) is 4.02. The molecule has 0 aromatic carbocycles. The molecule has 2 N–H and O–H groups in total. The predicted octanol–water partition coefficient (Wildman–Crippen LogP) is 0.0391. The molecule has 0 aromatic rings. The molecule has 0 rings (SSSR count). The highest BCUT2D eigenvalue weighted by Crippen LogP contribution is 2.08. The van der Waals surface area contributed by atoms with Gasteiger partial charge in [0, 0.05) is 13.7 Å². The van der Waals surface area contributed by atoms with Crippen molar-refractivity contribution in [3.63, 3.8) is 0 Å². The molecule has 1 radical (unpaired) electrons. The van der Waals surface area contributed by atoms with Crippen LogP contribution in [0.15, 0.2) is 0 Å². The van der Waals surface area contributed by atoms with E-state index in [0.29, 0.717) is 0 Å². The van der Waals surface area contributed by atoms with Crippen molar-refractivity contribution in [3.05, 3.63) is 0 Å². The molecular formula is C5H17AlO5Si2-. The SMILES string of the molecule is CO[Si](C)(O)[O][Al-]([CH3])[O][Si](C)(C)O. The second kappa shape index (κ2) is 5.02. The Morgan fingerprint density at radius 1 is 1.08 bits per heavy atom. The number of hydrogen-bond donors (Lipinski definition) is 2. The number of rotatable bonds is 5. The lowest BCUT2D eigenvalue weighted by Crippen LogP contribution is -2.47. The smallest absolute Gasteiger partial charge is 0.434 e. The normalized spacial score (nSPS) is 17.5. The van der Waals surface area contributed by atoms with Crippen molar-refractivity contribution in [1.29, 1.82) is 0 Å². The molecule has 0 aliphatic carbocycles. The molecule has 0 amide bonds. The Morgan fingerprint density at radius 3 is 1.85 bits per heavy atom. The molecule has 0 aromatic heterocycles. The molecule has 0 heterocycles. The van der Waals surface area contributed by atoms with Crippen molar-refractivity contribution in [3.8, 4) is 0 Å². The Kier molecular flexibility index (Phi) is 5.31. The molecule has 1 unspecified atom stereocenters. The summed E-state index contributed by atoms with van der Waals surface area (Å²) in [6, 6.07) is 0. The first-order chi connectivity index (χ1) is 5.66. The summed E-state index contributed by atoms with van der Waals surface area (Å²) in [7, 11) is -4.14. The lowest BCUT2D eigenvalue weighted by atomic mass is 11.8. The quantitative estimate of drug-likeness (QED) is 0.664. The Labute approximate surface area is 85.9 Å². The third kappa shape index (κ3) is 7.81. The Hall–Kier alpha value is 0.766. The van der Waals surface area contributed by atoms with E-state index < -0.39 is 32.2 Å². The van der Waals surface area contributed by atoms with Crippen molar-refractivity contribution in [2.24, 2.45) is 0 Å². The largest absolute Gasteiger partial charge is 0.683 e. The molecule has 0 saturated heterocycles. The minimum atomic E-state index is -2.99. The van der Waals surface area contributed by atoms with Gasteiger partial charge in [0.1, 0.15) is 0 Å². The van der Waals surface area contributed by atoms with Crippen LogP contribution in [0.3, 0.4) is 0 Å². The molecule has 0 aliphatic heterocycles. The summed E-state index contributed by atoms with van der Waals surface area (Å²) in [5.74, 6) is 1.76. The number of hydrogen-bond acceptors (Lipinski definition) is 5. The fourth-order valence-corrected chi connectivity index (χ4v) is 7.51. The van der Waals surface area contributed by atoms with Crippen LogP contribution in [0.4, 0.5) is 0 Å². The third-order valence-corrected chi connectivity index (χ3v) is 8.69. The van der Waals surface area contributed by atoms with Crippen LogP contribution in [-0.2, 0) is 11.4 Å². The summed E-state index contributed by atoms with van der Waals surface area (Å²) >= 11 is -1.97. The average molecular weight is 240 g/mol. The van der Waals surface area contributed by atoms with Gasteiger partial charge in [-0.1, -0.05) is 0 Å². The van der Waals surface area contributed by atoms with E-state index in [0.717, 1.165) is 0 Å². The fourth-order valence-electron chi connectivity index (χ4n) is 0.786. The molecule has 5 nitrogen and oxygen atoms in total. The zero-order chi connectivity index (χ0) is 10.7. The van der Waals surface area contributed by atoms with Crippen LogP contribution in [0.5, 0.6) is 0 Å². The summed E-state index contributed by atoms with van der Waals surface area (Å²) in [4.78, 5) is 18.9. The van der Waals surface area contributed by atoms with Gasteiger partial charge in [0.2, 0.25) is 0 Å². The Bertz CT molecular complexity index is 159. The highest BCUT2D eigenvalue weighted by molar-refractivity contribution is 6.74. The lowest BCUT2D eigenvalue weighted by Gasteiger charge is -2.37. The van der Waals surface area contributed by atoms with Crippen molar-refractivity contribution in [2.75, 3.05) is 7.11 Å². The molecule has 0 spiro atoms. The Balaban J connectivity index is 3.94. The molecule has 1 atom stereocenters. The van der Waals surface area contributed by atoms with E-state index >= 15 is 0 Å². The Morgan fingerprint density at radius 2 is 1.54 bits per heavy atom. The second-order valence-electron chi connectivity index (χ2n) is 3.35. The van der Waals surface area contributed by atoms with E-state index in [9.17, 15) is 9.59 Å². The molecule has 0 bridgehead atoms. The van der Waals surface area contributed by atoms with Gasteiger partial charge in [0.15, 0.2) is 0 Å². The van der Waals surface area contributed by atoms with Gasteiger partial charge in [-0.05, 0) is 13.1 Å². The van der Waals surface area contributed by atoms with E-state index in [4.69, 9.17) is 11.4 Å². The fraction of sp³-hybridized carbons (Fsp3) is 1.00. The standard InChI is InChI=1S/C2H7O3Si.C2H7O2Si.CH3.Al/c1-5-6(2,3)4;1-5(2,3)4;;/h3H,1-2H3;3H,1-2H3;1H3;/q2*-1;;+1. The topological polar surface area (TPSA) is 68.2 Å². The van der Waals surface area contributed by atoms with E-state index in [2.05, 4.69) is 0 Å². The van der Waals surface area contributed by atoms with Gasteiger partial charge in [-0.2, -0.15) is 5.79 Å². The highest BCUT2D eigenvalue weighted by atomic mass is 28.4. The van der Waals surface area contributed by atoms with Crippen molar-refractivity contribution >= 4 is 32.2 Å². The summed E-state index contributed by atoms with van der Waals surface area (Å²) in [6.07, 6.45) is 0. The van der Waals surface area contributed by atoms with E-state index in [1.54, 1.807) is 18.9 Å². The maximum Gasteiger partial charge on any atom is 0.434 e. The van der Waals surface area contributed by atoms with Gasteiger partial charge < -0.3 is 21.0 Å². The molecule has 0 aliphatic rings.